The number of methoxy groups -OCH3 is 1. The van der Waals surface area contributed by atoms with Gasteiger partial charge in [0.15, 0.2) is 0 Å². The first kappa shape index (κ1) is 15.2. The third-order valence-corrected chi connectivity index (χ3v) is 3.69. The molecule has 0 aliphatic heterocycles. The maximum atomic E-state index is 11.9. The summed E-state index contributed by atoms with van der Waals surface area (Å²) in [7, 11) is 1.35. The van der Waals surface area contributed by atoms with E-state index in [0.29, 0.717) is 22.2 Å². The number of aromatic nitrogens is 3. The second-order valence-electron chi connectivity index (χ2n) is 5.78. The van der Waals surface area contributed by atoms with Crippen LogP contribution in [0, 0.1) is 0 Å². The van der Waals surface area contributed by atoms with Gasteiger partial charge >= 0.3 is 5.97 Å². The molecule has 0 aliphatic carbocycles. The molecule has 0 fully saturated rings. The molecule has 1 N–H and O–H groups in total. The predicted octanol–water partition coefficient (Wildman–Crippen LogP) is 2.43. The summed E-state index contributed by atoms with van der Waals surface area (Å²) in [6, 6.07) is 7.17. The van der Waals surface area contributed by atoms with Crippen molar-refractivity contribution in [3.63, 3.8) is 0 Å². The van der Waals surface area contributed by atoms with E-state index in [2.05, 4.69) is 10.1 Å². The lowest BCUT2D eigenvalue weighted by Crippen LogP contribution is -2.16. The van der Waals surface area contributed by atoms with E-state index in [1.54, 1.807) is 49.3 Å². The van der Waals surface area contributed by atoms with E-state index in [4.69, 9.17) is 4.74 Å². The van der Waals surface area contributed by atoms with Crippen molar-refractivity contribution in [2.24, 2.45) is 0 Å². The second-order valence-corrected chi connectivity index (χ2v) is 5.78. The fourth-order valence-electron chi connectivity index (χ4n) is 2.42. The van der Waals surface area contributed by atoms with E-state index in [0.717, 1.165) is 5.52 Å². The van der Waals surface area contributed by atoms with Crippen molar-refractivity contribution < 1.29 is 14.6 Å². The van der Waals surface area contributed by atoms with Crippen molar-refractivity contribution in [1.29, 1.82) is 0 Å². The smallest absolute Gasteiger partial charge is 0.338 e. The van der Waals surface area contributed by atoms with Crippen molar-refractivity contribution in [2.45, 2.75) is 19.4 Å². The molecule has 0 atom stereocenters. The Bertz CT molecular complexity index is 878. The van der Waals surface area contributed by atoms with Gasteiger partial charge in [0.25, 0.3) is 0 Å². The number of fused-ring (bicyclic) bond motifs is 1. The van der Waals surface area contributed by atoms with Crippen LogP contribution in [-0.4, -0.2) is 33.0 Å². The molecule has 3 aromatic rings. The highest BCUT2D eigenvalue weighted by Gasteiger charge is 2.18. The molecule has 23 heavy (non-hydrogen) atoms. The number of esters is 1. The van der Waals surface area contributed by atoms with Gasteiger partial charge in [-0.25, -0.2) is 9.48 Å². The molecule has 3 rings (SSSR count). The van der Waals surface area contributed by atoms with E-state index in [1.165, 1.54) is 7.11 Å². The summed E-state index contributed by atoms with van der Waals surface area (Å²) in [6.07, 6.45) is 4.90. The van der Waals surface area contributed by atoms with Crippen molar-refractivity contribution in [3.8, 4) is 5.69 Å². The normalized spacial score (nSPS) is 11.7. The summed E-state index contributed by atoms with van der Waals surface area (Å²) in [5.74, 6) is -0.404. The summed E-state index contributed by atoms with van der Waals surface area (Å²) in [5.41, 5.74) is 1.62. The minimum atomic E-state index is -0.997. The molecule has 1 aromatic carbocycles. The number of nitrogens with zero attached hydrogens (tertiary/aromatic N) is 3. The van der Waals surface area contributed by atoms with Crippen molar-refractivity contribution in [3.05, 3.63) is 54.0 Å². The van der Waals surface area contributed by atoms with Gasteiger partial charge in [-0.2, -0.15) is 5.10 Å². The van der Waals surface area contributed by atoms with Crippen molar-refractivity contribution >= 4 is 16.9 Å². The molecular formula is C17H17N3O3. The molecule has 0 saturated heterocycles. The van der Waals surface area contributed by atoms with Crippen LogP contribution >= 0.6 is 0 Å². The average molecular weight is 311 g/mol. The summed E-state index contributed by atoms with van der Waals surface area (Å²) < 4.78 is 6.49. The van der Waals surface area contributed by atoms with Gasteiger partial charge in [0.2, 0.25) is 0 Å². The third-order valence-electron chi connectivity index (χ3n) is 3.69. The van der Waals surface area contributed by atoms with Crippen LogP contribution < -0.4 is 0 Å². The van der Waals surface area contributed by atoms with Gasteiger partial charge in [-0.1, -0.05) is 6.07 Å². The number of aliphatic hydroxyl groups is 1. The molecule has 0 saturated carbocycles. The molecule has 0 amide bonds. The van der Waals surface area contributed by atoms with Crippen LogP contribution in [-0.2, 0) is 10.3 Å². The maximum Gasteiger partial charge on any atom is 0.338 e. The van der Waals surface area contributed by atoms with E-state index < -0.39 is 11.6 Å². The zero-order chi connectivity index (χ0) is 16.6. The molecule has 2 aromatic heterocycles. The Balaban J connectivity index is 2.17. The Morgan fingerprint density at radius 2 is 2.04 bits per heavy atom. The van der Waals surface area contributed by atoms with E-state index in [-0.39, 0.29) is 0 Å². The molecule has 0 aliphatic rings. The van der Waals surface area contributed by atoms with E-state index in [9.17, 15) is 9.90 Å². The van der Waals surface area contributed by atoms with Gasteiger partial charge in [-0.05, 0) is 32.0 Å². The highest BCUT2D eigenvalue weighted by atomic mass is 16.5. The van der Waals surface area contributed by atoms with Gasteiger partial charge < -0.3 is 9.84 Å². The monoisotopic (exact) mass is 311 g/mol. The molecule has 6 nitrogen and oxygen atoms in total. The quantitative estimate of drug-likeness (QED) is 0.752. The largest absolute Gasteiger partial charge is 0.465 e. The number of carbonyl (C=O) groups excluding carboxylic acids is 1. The van der Waals surface area contributed by atoms with Crippen LogP contribution in [0.2, 0.25) is 0 Å². The summed E-state index contributed by atoms with van der Waals surface area (Å²) in [5, 5.41) is 15.2. The van der Waals surface area contributed by atoms with Crippen LogP contribution in [0.25, 0.3) is 16.6 Å². The maximum absolute atomic E-state index is 11.9. The molecule has 118 valence electrons. The molecule has 2 heterocycles. The minimum Gasteiger partial charge on any atom is -0.465 e. The fourth-order valence-corrected chi connectivity index (χ4v) is 2.42. The number of hydrogen-bond donors (Lipinski definition) is 1. The molecule has 0 unspecified atom stereocenters. The number of pyridine rings is 1. The van der Waals surface area contributed by atoms with Gasteiger partial charge in [0, 0.05) is 17.1 Å². The Labute approximate surface area is 133 Å². The van der Waals surface area contributed by atoms with Gasteiger partial charge in [0.05, 0.1) is 41.9 Å². The van der Waals surface area contributed by atoms with E-state index in [1.807, 2.05) is 12.1 Å². The first-order chi connectivity index (χ1) is 10.9. The lowest BCUT2D eigenvalue weighted by molar-refractivity contribution is 0.0602. The second kappa shape index (κ2) is 5.48. The van der Waals surface area contributed by atoms with Crippen LogP contribution in [0.3, 0.4) is 0 Å². The highest BCUT2D eigenvalue weighted by molar-refractivity contribution is 6.03. The van der Waals surface area contributed by atoms with Gasteiger partial charge in [-0.15, -0.1) is 0 Å². The third kappa shape index (κ3) is 2.68. The predicted molar refractivity (Wildman–Crippen MR) is 85.4 cm³/mol. The van der Waals surface area contributed by atoms with Gasteiger partial charge in [0.1, 0.15) is 0 Å². The van der Waals surface area contributed by atoms with Crippen LogP contribution in [0.15, 0.2) is 42.9 Å². The number of carbonyl (C=O) groups is 1. The van der Waals surface area contributed by atoms with E-state index >= 15 is 0 Å². The Hall–Kier alpha value is -2.73. The highest BCUT2D eigenvalue weighted by Crippen LogP contribution is 2.25. The number of hydrogen-bond acceptors (Lipinski definition) is 5. The summed E-state index contributed by atoms with van der Waals surface area (Å²) >= 11 is 0. The SMILES string of the molecule is COC(=O)c1cccc2c1cnn2-c1cncc(C(C)(C)O)c1. The topological polar surface area (TPSA) is 77.2 Å². The minimum absolute atomic E-state index is 0.404. The molecule has 6 heteroatoms. The summed E-state index contributed by atoms with van der Waals surface area (Å²) in [6.45, 7) is 3.40. The standard InChI is InChI=1S/C17H17N3O3/c1-17(2,22)11-7-12(9-18-8-11)20-15-6-4-5-13(16(21)23-3)14(15)10-19-20/h4-10,22H,1-3H3. The fraction of sp³-hybridized carbons (Fsp3) is 0.235. The summed E-state index contributed by atoms with van der Waals surface area (Å²) in [4.78, 5) is 16.0. The molecule has 0 spiro atoms. The molecule has 0 radical (unpaired) electrons. The Kier molecular flexibility index (Phi) is 3.61. The Morgan fingerprint density at radius 1 is 1.26 bits per heavy atom. The Morgan fingerprint density at radius 3 is 2.74 bits per heavy atom. The molecular weight excluding hydrogens is 294 g/mol. The van der Waals surface area contributed by atoms with Crippen LogP contribution in [0.5, 0.6) is 0 Å². The van der Waals surface area contributed by atoms with Crippen molar-refractivity contribution in [1.82, 2.24) is 14.8 Å². The zero-order valence-electron chi connectivity index (χ0n) is 13.1. The lowest BCUT2D eigenvalue weighted by Gasteiger charge is -2.18. The number of rotatable bonds is 3. The first-order valence-electron chi connectivity index (χ1n) is 7.15. The number of benzene rings is 1. The molecule has 0 bridgehead atoms. The number of ether oxygens (including phenoxy) is 1. The van der Waals surface area contributed by atoms with Crippen LogP contribution in [0.4, 0.5) is 0 Å². The van der Waals surface area contributed by atoms with Crippen LogP contribution in [0.1, 0.15) is 29.8 Å². The lowest BCUT2D eigenvalue weighted by atomic mass is 10.0. The van der Waals surface area contributed by atoms with Crippen molar-refractivity contribution in [2.75, 3.05) is 7.11 Å². The first-order valence-corrected chi connectivity index (χ1v) is 7.15. The van der Waals surface area contributed by atoms with Gasteiger partial charge in [-0.3, -0.25) is 4.98 Å². The average Bonchev–Trinajstić information content (AvgIpc) is 2.97. The zero-order valence-corrected chi connectivity index (χ0v) is 13.1.